The van der Waals surface area contributed by atoms with Gasteiger partial charge in [0.25, 0.3) is 0 Å². The monoisotopic (exact) mass is 417 g/mol. The second-order valence-corrected chi connectivity index (χ2v) is 6.27. The van der Waals surface area contributed by atoms with Crippen LogP contribution in [-0.2, 0) is 20.9 Å². The molecular weight excluding hydrogens is 398 g/mol. The minimum atomic E-state index is -0.371. The molecular formula is C20H20BrNO4. The number of halogens is 1. The Bertz CT molecular complexity index is 775. The molecule has 1 N–H and O–H groups in total. The fourth-order valence-electron chi connectivity index (χ4n) is 2.12. The van der Waals surface area contributed by atoms with Gasteiger partial charge in [-0.05, 0) is 45.3 Å². The summed E-state index contributed by atoms with van der Waals surface area (Å²) < 4.78 is 11.1. The standard InChI is InChI=1S/C20H20BrNO4/c1-25-18-9-7-16(13-17(18)21)14-26-20(24)11-12-22-19(23)10-8-15-5-3-2-4-6-15/h2-10,13H,11-12,14H2,1H3,(H,22,23)/b10-8+. The van der Waals surface area contributed by atoms with Crippen molar-refractivity contribution in [3.63, 3.8) is 0 Å². The van der Waals surface area contributed by atoms with E-state index >= 15 is 0 Å². The Kier molecular flexibility index (Phi) is 7.89. The maximum Gasteiger partial charge on any atom is 0.307 e. The smallest absolute Gasteiger partial charge is 0.307 e. The minimum absolute atomic E-state index is 0.113. The van der Waals surface area contributed by atoms with Crippen molar-refractivity contribution in [2.45, 2.75) is 13.0 Å². The van der Waals surface area contributed by atoms with Gasteiger partial charge in [-0.25, -0.2) is 0 Å². The summed E-state index contributed by atoms with van der Waals surface area (Å²) in [5.74, 6) is 0.0939. The van der Waals surface area contributed by atoms with Crippen LogP contribution in [0.1, 0.15) is 17.5 Å². The van der Waals surface area contributed by atoms with E-state index in [2.05, 4.69) is 21.2 Å². The van der Waals surface area contributed by atoms with Gasteiger partial charge in [0.15, 0.2) is 0 Å². The van der Waals surface area contributed by atoms with Crippen molar-refractivity contribution in [1.82, 2.24) is 5.32 Å². The van der Waals surface area contributed by atoms with Crippen LogP contribution in [0.4, 0.5) is 0 Å². The Morgan fingerprint density at radius 3 is 2.62 bits per heavy atom. The first-order valence-corrected chi connectivity index (χ1v) is 8.87. The van der Waals surface area contributed by atoms with Crippen molar-refractivity contribution in [2.24, 2.45) is 0 Å². The topological polar surface area (TPSA) is 64.6 Å². The number of methoxy groups -OCH3 is 1. The van der Waals surface area contributed by atoms with Crippen LogP contribution in [0.15, 0.2) is 59.1 Å². The first-order chi connectivity index (χ1) is 12.6. The number of rotatable bonds is 8. The van der Waals surface area contributed by atoms with Crippen molar-refractivity contribution in [3.05, 3.63) is 70.2 Å². The summed E-state index contributed by atoms with van der Waals surface area (Å²) in [6.45, 7) is 0.395. The lowest BCUT2D eigenvalue weighted by Gasteiger charge is -2.08. The highest BCUT2D eigenvalue weighted by Crippen LogP contribution is 2.25. The van der Waals surface area contributed by atoms with E-state index in [-0.39, 0.29) is 31.4 Å². The second-order valence-electron chi connectivity index (χ2n) is 5.41. The predicted octanol–water partition coefficient (Wildman–Crippen LogP) is 3.72. The van der Waals surface area contributed by atoms with Crippen LogP contribution in [0.2, 0.25) is 0 Å². The normalized spacial score (nSPS) is 10.5. The largest absolute Gasteiger partial charge is 0.496 e. The molecule has 2 rings (SSSR count). The van der Waals surface area contributed by atoms with Crippen LogP contribution >= 0.6 is 15.9 Å². The molecule has 136 valence electrons. The Morgan fingerprint density at radius 2 is 1.92 bits per heavy atom. The van der Waals surface area contributed by atoms with Gasteiger partial charge < -0.3 is 14.8 Å². The number of benzene rings is 2. The first kappa shape index (κ1) is 19.7. The molecule has 2 aromatic carbocycles. The summed E-state index contributed by atoms with van der Waals surface area (Å²) in [6, 6.07) is 15.0. The highest BCUT2D eigenvalue weighted by Gasteiger charge is 2.06. The molecule has 0 atom stereocenters. The Labute approximate surface area is 161 Å². The van der Waals surface area contributed by atoms with E-state index in [0.29, 0.717) is 5.75 Å². The fourth-order valence-corrected chi connectivity index (χ4v) is 2.71. The molecule has 0 unspecified atom stereocenters. The molecule has 0 bridgehead atoms. The Hall–Kier alpha value is -2.60. The zero-order valence-electron chi connectivity index (χ0n) is 14.4. The van der Waals surface area contributed by atoms with Gasteiger partial charge in [-0.15, -0.1) is 0 Å². The fraction of sp³-hybridized carbons (Fsp3) is 0.200. The zero-order chi connectivity index (χ0) is 18.8. The summed E-state index contributed by atoms with van der Waals surface area (Å²) in [6.07, 6.45) is 3.27. The lowest BCUT2D eigenvalue weighted by molar-refractivity contribution is -0.144. The quantitative estimate of drug-likeness (QED) is 0.524. The van der Waals surface area contributed by atoms with Gasteiger partial charge in [0.2, 0.25) is 5.91 Å². The van der Waals surface area contributed by atoms with Gasteiger partial charge in [0.1, 0.15) is 12.4 Å². The van der Waals surface area contributed by atoms with Gasteiger partial charge in [0.05, 0.1) is 18.0 Å². The third kappa shape index (κ3) is 6.72. The summed E-state index contributed by atoms with van der Waals surface area (Å²) in [4.78, 5) is 23.5. The lowest BCUT2D eigenvalue weighted by Crippen LogP contribution is -2.24. The summed E-state index contributed by atoms with van der Waals surface area (Å²) in [5.41, 5.74) is 1.79. The number of amides is 1. The molecule has 0 radical (unpaired) electrons. The van der Waals surface area contributed by atoms with Crippen molar-refractivity contribution < 1.29 is 19.1 Å². The first-order valence-electron chi connectivity index (χ1n) is 8.07. The van der Waals surface area contributed by atoms with Crippen LogP contribution in [0, 0.1) is 0 Å². The maximum atomic E-state index is 11.8. The number of carbonyl (C=O) groups excluding carboxylic acids is 2. The molecule has 0 spiro atoms. The van der Waals surface area contributed by atoms with E-state index in [1.807, 2.05) is 42.5 Å². The molecule has 5 nitrogen and oxygen atoms in total. The van der Waals surface area contributed by atoms with Gasteiger partial charge in [-0.3, -0.25) is 9.59 Å². The van der Waals surface area contributed by atoms with E-state index in [9.17, 15) is 9.59 Å². The molecule has 0 fully saturated rings. The van der Waals surface area contributed by atoms with Gasteiger partial charge >= 0.3 is 5.97 Å². The molecule has 26 heavy (non-hydrogen) atoms. The van der Waals surface area contributed by atoms with Crippen molar-refractivity contribution in [2.75, 3.05) is 13.7 Å². The molecule has 0 heterocycles. The Balaban J connectivity index is 1.68. The predicted molar refractivity (Wildman–Crippen MR) is 104 cm³/mol. The van der Waals surface area contributed by atoms with E-state index in [0.717, 1.165) is 15.6 Å². The summed E-state index contributed by atoms with van der Waals surface area (Å²) >= 11 is 3.38. The number of esters is 1. The SMILES string of the molecule is COc1ccc(COC(=O)CCNC(=O)/C=C/c2ccccc2)cc1Br. The van der Waals surface area contributed by atoms with E-state index in [4.69, 9.17) is 9.47 Å². The van der Waals surface area contributed by atoms with Crippen LogP contribution in [0.3, 0.4) is 0 Å². The molecule has 0 aliphatic rings. The molecule has 1 amide bonds. The second kappa shape index (κ2) is 10.4. The highest BCUT2D eigenvalue weighted by molar-refractivity contribution is 9.10. The van der Waals surface area contributed by atoms with Crippen molar-refractivity contribution in [3.8, 4) is 5.75 Å². The van der Waals surface area contributed by atoms with Crippen LogP contribution in [-0.4, -0.2) is 25.5 Å². The molecule has 0 aliphatic carbocycles. The summed E-state index contributed by atoms with van der Waals surface area (Å²) in [7, 11) is 1.59. The zero-order valence-corrected chi connectivity index (χ0v) is 16.0. The van der Waals surface area contributed by atoms with Crippen LogP contribution in [0.5, 0.6) is 5.75 Å². The van der Waals surface area contributed by atoms with Crippen LogP contribution < -0.4 is 10.1 Å². The minimum Gasteiger partial charge on any atom is -0.496 e. The van der Waals surface area contributed by atoms with Gasteiger partial charge in [-0.1, -0.05) is 36.4 Å². The third-order valence-electron chi connectivity index (χ3n) is 3.47. The Morgan fingerprint density at radius 1 is 1.15 bits per heavy atom. The molecule has 0 aliphatic heterocycles. The molecule has 0 saturated carbocycles. The number of nitrogens with one attached hydrogen (secondary N) is 1. The van der Waals surface area contributed by atoms with Gasteiger partial charge in [0, 0.05) is 12.6 Å². The molecule has 0 aromatic heterocycles. The average molecular weight is 418 g/mol. The molecule has 0 saturated heterocycles. The number of hydrogen-bond donors (Lipinski definition) is 1. The molecule has 2 aromatic rings. The number of hydrogen-bond acceptors (Lipinski definition) is 4. The average Bonchev–Trinajstić information content (AvgIpc) is 2.65. The van der Waals surface area contributed by atoms with Crippen LogP contribution in [0.25, 0.3) is 6.08 Å². The maximum absolute atomic E-state index is 11.8. The van der Waals surface area contributed by atoms with Crippen molar-refractivity contribution >= 4 is 33.9 Å². The summed E-state index contributed by atoms with van der Waals surface area (Å²) in [5, 5.41) is 2.66. The third-order valence-corrected chi connectivity index (χ3v) is 4.09. The number of ether oxygens (including phenoxy) is 2. The highest BCUT2D eigenvalue weighted by atomic mass is 79.9. The molecule has 6 heteroatoms. The van der Waals surface area contributed by atoms with E-state index in [1.165, 1.54) is 6.08 Å². The van der Waals surface area contributed by atoms with Gasteiger partial charge in [-0.2, -0.15) is 0 Å². The van der Waals surface area contributed by atoms with E-state index < -0.39 is 0 Å². The number of carbonyl (C=O) groups is 2. The lowest BCUT2D eigenvalue weighted by atomic mass is 10.2. The van der Waals surface area contributed by atoms with E-state index in [1.54, 1.807) is 19.3 Å². The van der Waals surface area contributed by atoms with Crippen molar-refractivity contribution in [1.29, 1.82) is 0 Å².